The van der Waals surface area contributed by atoms with Gasteiger partial charge in [-0.2, -0.15) is 0 Å². The Morgan fingerprint density at radius 3 is 2.58 bits per heavy atom. The van der Waals surface area contributed by atoms with Gasteiger partial charge >= 0.3 is 0 Å². The number of carbonyl (C=O) groups excluding carboxylic acids is 3. The molecule has 8 nitrogen and oxygen atoms in total. The monoisotopic (exact) mass is 433 g/mol. The summed E-state index contributed by atoms with van der Waals surface area (Å²) >= 11 is 1.28. The lowest BCUT2D eigenvalue weighted by Gasteiger charge is -2.18. The molecule has 1 aromatic carbocycles. The summed E-state index contributed by atoms with van der Waals surface area (Å²) in [5.74, 6) is -1.45. The number of hydrogen-bond acceptors (Lipinski definition) is 5. The quantitative estimate of drug-likeness (QED) is 0.350. The normalized spacial score (nSPS) is 11.6. The van der Waals surface area contributed by atoms with E-state index in [1.807, 2.05) is 30.5 Å². The topological polar surface area (TPSA) is 116 Å². The summed E-state index contributed by atoms with van der Waals surface area (Å²) in [4.78, 5) is 45.3. The summed E-state index contributed by atoms with van der Waals surface area (Å²) in [5.41, 5.74) is 6.71. The molecule has 0 fully saturated rings. The first-order valence-electron chi connectivity index (χ1n) is 9.52. The molecular formula is C22H19N5O3S. The number of H-pyrrole nitrogens is 1. The molecule has 3 amide bonds. The van der Waals surface area contributed by atoms with Gasteiger partial charge in [-0.1, -0.05) is 30.3 Å². The SMILES string of the molecule is O=C(NNC(=O)[C@H](Cc1c[nH]c2ccccc12)NC(=O)c1cccs1)c1ccccn1. The van der Waals surface area contributed by atoms with E-state index in [9.17, 15) is 14.4 Å². The number of para-hydroxylation sites is 1. The fourth-order valence-corrected chi connectivity index (χ4v) is 3.76. The first-order chi connectivity index (χ1) is 15.1. The number of pyridine rings is 1. The van der Waals surface area contributed by atoms with Crippen molar-refractivity contribution in [3.05, 3.63) is 88.5 Å². The second-order valence-electron chi connectivity index (χ2n) is 6.73. The van der Waals surface area contributed by atoms with Crippen molar-refractivity contribution in [1.29, 1.82) is 0 Å². The number of nitrogens with one attached hydrogen (secondary N) is 4. The highest BCUT2D eigenvalue weighted by molar-refractivity contribution is 7.12. The maximum atomic E-state index is 12.9. The molecule has 0 aliphatic rings. The molecule has 3 heterocycles. The van der Waals surface area contributed by atoms with Crippen LogP contribution >= 0.6 is 11.3 Å². The van der Waals surface area contributed by atoms with Crippen molar-refractivity contribution in [2.45, 2.75) is 12.5 Å². The van der Waals surface area contributed by atoms with Crippen molar-refractivity contribution in [2.24, 2.45) is 0 Å². The van der Waals surface area contributed by atoms with Crippen molar-refractivity contribution in [2.75, 3.05) is 0 Å². The third-order valence-corrected chi connectivity index (χ3v) is 5.53. The molecule has 0 radical (unpaired) electrons. The summed E-state index contributed by atoms with van der Waals surface area (Å²) in [6.07, 6.45) is 3.54. The van der Waals surface area contributed by atoms with Crippen LogP contribution in [0.3, 0.4) is 0 Å². The van der Waals surface area contributed by atoms with Gasteiger partial charge < -0.3 is 10.3 Å². The molecule has 0 aliphatic heterocycles. The number of fused-ring (bicyclic) bond motifs is 1. The van der Waals surface area contributed by atoms with Gasteiger partial charge in [0, 0.05) is 29.7 Å². The molecule has 0 bridgehead atoms. The predicted molar refractivity (Wildman–Crippen MR) is 117 cm³/mol. The Hall–Kier alpha value is -3.98. The van der Waals surface area contributed by atoms with Crippen LogP contribution in [0.5, 0.6) is 0 Å². The lowest BCUT2D eigenvalue weighted by Crippen LogP contribution is -2.53. The van der Waals surface area contributed by atoms with Crippen LogP contribution in [-0.2, 0) is 11.2 Å². The summed E-state index contributed by atoms with van der Waals surface area (Å²) < 4.78 is 0. The largest absolute Gasteiger partial charge is 0.361 e. The van der Waals surface area contributed by atoms with Gasteiger partial charge in [-0.3, -0.25) is 30.2 Å². The molecule has 4 rings (SSSR count). The van der Waals surface area contributed by atoms with Crippen LogP contribution in [0.2, 0.25) is 0 Å². The van der Waals surface area contributed by atoms with Gasteiger partial charge in [-0.05, 0) is 35.2 Å². The van der Waals surface area contributed by atoms with E-state index in [0.717, 1.165) is 16.5 Å². The molecule has 0 aliphatic carbocycles. The number of benzene rings is 1. The highest BCUT2D eigenvalue weighted by atomic mass is 32.1. The van der Waals surface area contributed by atoms with Crippen LogP contribution < -0.4 is 16.2 Å². The number of thiophene rings is 1. The lowest BCUT2D eigenvalue weighted by atomic mass is 10.0. The average molecular weight is 433 g/mol. The second-order valence-corrected chi connectivity index (χ2v) is 7.67. The van der Waals surface area contributed by atoms with Gasteiger partial charge in [0.1, 0.15) is 11.7 Å². The summed E-state index contributed by atoms with van der Waals surface area (Å²) in [6.45, 7) is 0. The van der Waals surface area contributed by atoms with Crippen molar-refractivity contribution in [3.8, 4) is 0 Å². The van der Waals surface area contributed by atoms with Crippen LogP contribution in [0, 0.1) is 0 Å². The molecule has 3 aromatic heterocycles. The number of amides is 3. The predicted octanol–water partition coefficient (Wildman–Crippen LogP) is 2.43. The fraction of sp³-hybridized carbons (Fsp3) is 0.0909. The highest BCUT2D eigenvalue weighted by Gasteiger charge is 2.24. The minimum absolute atomic E-state index is 0.165. The Morgan fingerprint density at radius 1 is 0.968 bits per heavy atom. The second kappa shape index (κ2) is 9.23. The van der Waals surface area contributed by atoms with Gasteiger partial charge in [0.15, 0.2) is 0 Å². The average Bonchev–Trinajstić information content (AvgIpc) is 3.48. The van der Waals surface area contributed by atoms with Crippen molar-refractivity contribution < 1.29 is 14.4 Å². The maximum absolute atomic E-state index is 12.9. The van der Waals surface area contributed by atoms with Crippen LogP contribution in [0.25, 0.3) is 10.9 Å². The van der Waals surface area contributed by atoms with Crippen LogP contribution in [0.15, 0.2) is 72.4 Å². The molecule has 0 saturated heterocycles. The van der Waals surface area contributed by atoms with Gasteiger partial charge in [-0.15, -0.1) is 11.3 Å². The van der Waals surface area contributed by atoms with Gasteiger partial charge in [0.25, 0.3) is 17.7 Å². The Morgan fingerprint density at radius 2 is 1.81 bits per heavy atom. The van der Waals surface area contributed by atoms with E-state index in [4.69, 9.17) is 0 Å². The van der Waals surface area contributed by atoms with Crippen molar-refractivity contribution in [1.82, 2.24) is 26.1 Å². The molecule has 9 heteroatoms. The maximum Gasteiger partial charge on any atom is 0.288 e. The highest BCUT2D eigenvalue weighted by Crippen LogP contribution is 2.19. The molecule has 1 atom stereocenters. The standard InChI is InChI=1S/C22H19N5O3S/c28-20(17-8-3-4-10-23-17)26-27-21(29)18(25-22(30)19-9-5-11-31-19)12-14-13-24-16-7-2-1-6-15(14)16/h1-11,13,18,24H,12H2,(H,25,30)(H,26,28)(H,27,29)/t18-/m0/s1. The molecule has 0 spiro atoms. The summed E-state index contributed by atoms with van der Waals surface area (Å²) in [6, 6.07) is 15.1. The van der Waals surface area contributed by atoms with E-state index < -0.39 is 17.9 Å². The Labute approximate surface area is 181 Å². The van der Waals surface area contributed by atoms with Crippen molar-refractivity contribution >= 4 is 40.0 Å². The lowest BCUT2D eigenvalue weighted by molar-refractivity contribution is -0.123. The number of nitrogens with zero attached hydrogens (tertiary/aromatic N) is 1. The van der Waals surface area contributed by atoms with E-state index >= 15 is 0 Å². The van der Waals surface area contributed by atoms with E-state index in [1.54, 1.807) is 29.6 Å². The number of carbonyl (C=O) groups is 3. The van der Waals surface area contributed by atoms with E-state index in [2.05, 4.69) is 26.1 Å². The first kappa shape index (κ1) is 20.3. The number of hydrogen-bond donors (Lipinski definition) is 4. The number of rotatable bonds is 6. The van der Waals surface area contributed by atoms with Crippen LogP contribution in [-0.4, -0.2) is 33.7 Å². The zero-order valence-electron chi connectivity index (χ0n) is 16.3. The molecule has 31 heavy (non-hydrogen) atoms. The van der Waals surface area contributed by atoms with Gasteiger partial charge in [-0.25, -0.2) is 0 Å². The summed E-state index contributed by atoms with van der Waals surface area (Å²) in [5, 5.41) is 5.51. The zero-order valence-corrected chi connectivity index (χ0v) is 17.1. The fourth-order valence-electron chi connectivity index (χ4n) is 3.13. The Kier molecular flexibility index (Phi) is 6.04. The molecule has 0 saturated carbocycles. The number of aromatic nitrogens is 2. The van der Waals surface area contributed by atoms with Crippen molar-refractivity contribution in [3.63, 3.8) is 0 Å². The zero-order chi connectivity index (χ0) is 21.6. The minimum atomic E-state index is -0.905. The molecule has 0 unspecified atom stereocenters. The third kappa shape index (κ3) is 4.78. The minimum Gasteiger partial charge on any atom is -0.361 e. The van der Waals surface area contributed by atoms with Gasteiger partial charge in [0.05, 0.1) is 4.88 Å². The van der Waals surface area contributed by atoms with E-state index in [0.29, 0.717) is 4.88 Å². The van der Waals surface area contributed by atoms with E-state index in [-0.39, 0.29) is 18.0 Å². The van der Waals surface area contributed by atoms with Crippen LogP contribution in [0.1, 0.15) is 25.7 Å². The number of aromatic amines is 1. The summed E-state index contributed by atoms with van der Waals surface area (Å²) in [7, 11) is 0. The number of hydrazine groups is 1. The third-order valence-electron chi connectivity index (χ3n) is 4.66. The van der Waals surface area contributed by atoms with Crippen LogP contribution in [0.4, 0.5) is 0 Å². The van der Waals surface area contributed by atoms with E-state index in [1.165, 1.54) is 23.6 Å². The smallest absolute Gasteiger partial charge is 0.288 e. The Bertz CT molecular complexity index is 1200. The molecule has 4 aromatic rings. The Balaban J connectivity index is 1.50. The molecular weight excluding hydrogens is 414 g/mol. The first-order valence-corrected chi connectivity index (χ1v) is 10.4. The van der Waals surface area contributed by atoms with Gasteiger partial charge in [0.2, 0.25) is 0 Å². The molecule has 4 N–H and O–H groups in total. The molecule has 156 valence electrons.